The van der Waals surface area contributed by atoms with Crippen molar-refractivity contribution in [3.05, 3.63) is 35.4 Å². The van der Waals surface area contributed by atoms with Gasteiger partial charge in [-0.25, -0.2) is 0 Å². The maximum Gasteiger partial charge on any atom is 0.244 e. The molecule has 1 N–H and O–H groups in total. The highest BCUT2D eigenvalue weighted by molar-refractivity contribution is 5.91. The van der Waals surface area contributed by atoms with Gasteiger partial charge in [0.15, 0.2) is 0 Å². The SMILES string of the molecule is O=C(/C=C/c1ccc2c(c1)CCO2)NC1CCCCCCC1. The number of hydrogen-bond donors (Lipinski definition) is 1. The van der Waals surface area contributed by atoms with Crippen LogP contribution in [0, 0.1) is 0 Å². The van der Waals surface area contributed by atoms with Gasteiger partial charge in [0.25, 0.3) is 0 Å². The molecule has 0 spiro atoms. The second kappa shape index (κ2) is 7.48. The second-order valence-electron chi connectivity index (χ2n) is 6.35. The number of ether oxygens (including phenoxy) is 1. The van der Waals surface area contributed by atoms with Crippen LogP contribution in [0.3, 0.4) is 0 Å². The Bertz CT molecular complexity index is 542. The van der Waals surface area contributed by atoms with Crippen molar-refractivity contribution in [3.8, 4) is 5.75 Å². The van der Waals surface area contributed by atoms with Crippen LogP contribution < -0.4 is 10.1 Å². The van der Waals surface area contributed by atoms with Gasteiger partial charge >= 0.3 is 0 Å². The van der Waals surface area contributed by atoms with Gasteiger partial charge in [-0.15, -0.1) is 0 Å². The van der Waals surface area contributed by atoms with Crippen molar-refractivity contribution in [1.82, 2.24) is 5.32 Å². The van der Waals surface area contributed by atoms with E-state index in [-0.39, 0.29) is 5.91 Å². The minimum Gasteiger partial charge on any atom is -0.493 e. The molecule has 1 aliphatic heterocycles. The maximum atomic E-state index is 12.1. The first-order chi connectivity index (χ1) is 10.8. The van der Waals surface area contributed by atoms with Crippen molar-refractivity contribution in [3.63, 3.8) is 0 Å². The van der Waals surface area contributed by atoms with E-state index in [0.717, 1.165) is 37.2 Å². The average molecular weight is 299 g/mol. The Morgan fingerprint density at radius 3 is 2.73 bits per heavy atom. The summed E-state index contributed by atoms with van der Waals surface area (Å²) in [6, 6.07) is 6.46. The Morgan fingerprint density at radius 1 is 1.14 bits per heavy atom. The summed E-state index contributed by atoms with van der Waals surface area (Å²) in [5.74, 6) is 1.01. The first-order valence-electron chi connectivity index (χ1n) is 8.55. The first-order valence-corrected chi connectivity index (χ1v) is 8.55. The lowest BCUT2D eigenvalue weighted by Crippen LogP contribution is -2.34. The quantitative estimate of drug-likeness (QED) is 0.861. The third kappa shape index (κ3) is 4.12. The summed E-state index contributed by atoms with van der Waals surface area (Å²) in [7, 11) is 0. The standard InChI is InChI=1S/C19H25NO2/c21-19(20-17-6-4-2-1-3-5-7-17)11-9-15-8-10-18-16(14-15)12-13-22-18/h8-11,14,17H,1-7,12-13H2,(H,20,21)/b11-9+. The molecule has 1 heterocycles. The van der Waals surface area contributed by atoms with Crippen LogP contribution in [0.1, 0.15) is 56.1 Å². The van der Waals surface area contributed by atoms with E-state index in [1.54, 1.807) is 6.08 Å². The van der Waals surface area contributed by atoms with E-state index in [4.69, 9.17) is 4.74 Å². The number of benzene rings is 1. The lowest BCUT2D eigenvalue weighted by atomic mass is 9.97. The van der Waals surface area contributed by atoms with Crippen molar-refractivity contribution in [2.24, 2.45) is 0 Å². The van der Waals surface area contributed by atoms with E-state index in [1.165, 1.54) is 37.7 Å². The summed E-state index contributed by atoms with van der Waals surface area (Å²) >= 11 is 0. The van der Waals surface area contributed by atoms with Gasteiger partial charge in [0.05, 0.1) is 6.61 Å². The van der Waals surface area contributed by atoms with Gasteiger partial charge in [0.2, 0.25) is 5.91 Å². The lowest BCUT2D eigenvalue weighted by molar-refractivity contribution is -0.117. The Morgan fingerprint density at radius 2 is 1.91 bits per heavy atom. The van der Waals surface area contributed by atoms with Crippen LogP contribution >= 0.6 is 0 Å². The number of hydrogen-bond acceptors (Lipinski definition) is 2. The second-order valence-corrected chi connectivity index (χ2v) is 6.35. The maximum absolute atomic E-state index is 12.1. The molecule has 1 aliphatic carbocycles. The van der Waals surface area contributed by atoms with Crippen LogP contribution in [0.5, 0.6) is 5.75 Å². The minimum atomic E-state index is 0.0299. The van der Waals surface area contributed by atoms with Gasteiger partial charge in [-0.1, -0.05) is 38.2 Å². The molecule has 1 amide bonds. The number of fused-ring (bicyclic) bond motifs is 1. The molecular weight excluding hydrogens is 274 g/mol. The van der Waals surface area contributed by atoms with Crippen LogP contribution in [0.25, 0.3) is 6.08 Å². The normalized spacial score (nSPS) is 19.3. The summed E-state index contributed by atoms with van der Waals surface area (Å²) in [4.78, 5) is 12.1. The smallest absolute Gasteiger partial charge is 0.244 e. The van der Waals surface area contributed by atoms with Gasteiger partial charge in [0, 0.05) is 18.5 Å². The molecule has 0 aromatic heterocycles. The number of amides is 1. The zero-order valence-corrected chi connectivity index (χ0v) is 13.1. The fourth-order valence-corrected chi connectivity index (χ4v) is 3.33. The summed E-state index contributed by atoms with van der Waals surface area (Å²) < 4.78 is 5.50. The van der Waals surface area contributed by atoms with Crippen LogP contribution in [0.4, 0.5) is 0 Å². The van der Waals surface area contributed by atoms with E-state index >= 15 is 0 Å². The molecule has 1 fully saturated rings. The van der Waals surface area contributed by atoms with Gasteiger partial charge in [0.1, 0.15) is 5.75 Å². The van der Waals surface area contributed by atoms with Gasteiger partial charge in [-0.2, -0.15) is 0 Å². The summed E-state index contributed by atoms with van der Waals surface area (Å²) in [5, 5.41) is 3.16. The number of nitrogens with one attached hydrogen (secondary N) is 1. The minimum absolute atomic E-state index is 0.0299. The number of carbonyl (C=O) groups is 1. The predicted octanol–water partition coefficient (Wildman–Crippen LogP) is 3.86. The molecule has 118 valence electrons. The van der Waals surface area contributed by atoms with E-state index in [9.17, 15) is 4.79 Å². The molecule has 3 nitrogen and oxygen atoms in total. The molecule has 0 radical (unpaired) electrons. The largest absolute Gasteiger partial charge is 0.493 e. The highest BCUT2D eigenvalue weighted by Crippen LogP contribution is 2.26. The van der Waals surface area contributed by atoms with Crippen molar-refractivity contribution in [2.75, 3.05) is 6.61 Å². The predicted molar refractivity (Wildman–Crippen MR) is 88.9 cm³/mol. The summed E-state index contributed by atoms with van der Waals surface area (Å²) in [6.45, 7) is 0.769. The van der Waals surface area contributed by atoms with Gasteiger partial charge in [-0.3, -0.25) is 4.79 Å². The van der Waals surface area contributed by atoms with Gasteiger partial charge in [-0.05, 0) is 42.2 Å². The monoisotopic (exact) mass is 299 g/mol. The van der Waals surface area contributed by atoms with Crippen LogP contribution in [-0.4, -0.2) is 18.6 Å². The highest BCUT2D eigenvalue weighted by atomic mass is 16.5. The molecule has 1 aromatic rings. The molecular formula is C19H25NO2. The van der Waals surface area contributed by atoms with Crippen LogP contribution in [0.2, 0.25) is 0 Å². The Balaban J connectivity index is 1.54. The Labute approximate surface area is 132 Å². The van der Waals surface area contributed by atoms with Crippen molar-refractivity contribution < 1.29 is 9.53 Å². The van der Waals surface area contributed by atoms with E-state index in [0.29, 0.717) is 6.04 Å². The lowest BCUT2D eigenvalue weighted by Gasteiger charge is -2.20. The van der Waals surface area contributed by atoms with E-state index < -0.39 is 0 Å². The molecule has 1 aromatic carbocycles. The molecule has 0 unspecified atom stereocenters. The van der Waals surface area contributed by atoms with Crippen molar-refractivity contribution in [1.29, 1.82) is 0 Å². The molecule has 3 heteroatoms. The molecule has 1 saturated carbocycles. The average Bonchev–Trinajstić information content (AvgIpc) is 2.95. The fourth-order valence-electron chi connectivity index (χ4n) is 3.33. The number of carbonyl (C=O) groups excluding carboxylic acids is 1. The molecule has 22 heavy (non-hydrogen) atoms. The molecule has 2 aliphatic rings. The van der Waals surface area contributed by atoms with Crippen molar-refractivity contribution in [2.45, 2.75) is 57.4 Å². The van der Waals surface area contributed by atoms with Crippen LogP contribution in [0.15, 0.2) is 24.3 Å². The zero-order chi connectivity index (χ0) is 15.2. The highest BCUT2D eigenvalue weighted by Gasteiger charge is 2.13. The summed E-state index contributed by atoms with van der Waals surface area (Å²) in [6.07, 6.45) is 13.2. The third-order valence-electron chi connectivity index (χ3n) is 4.59. The van der Waals surface area contributed by atoms with E-state index in [2.05, 4.69) is 11.4 Å². The zero-order valence-electron chi connectivity index (χ0n) is 13.1. The molecule has 0 atom stereocenters. The molecule has 0 saturated heterocycles. The first kappa shape index (κ1) is 15.1. The van der Waals surface area contributed by atoms with E-state index in [1.807, 2.05) is 18.2 Å². The molecule has 3 rings (SSSR count). The third-order valence-corrected chi connectivity index (χ3v) is 4.59. The molecule has 0 bridgehead atoms. The fraction of sp³-hybridized carbons (Fsp3) is 0.526. The Kier molecular flexibility index (Phi) is 5.15. The topological polar surface area (TPSA) is 38.3 Å². The van der Waals surface area contributed by atoms with Crippen molar-refractivity contribution >= 4 is 12.0 Å². The Hall–Kier alpha value is -1.77. The summed E-state index contributed by atoms with van der Waals surface area (Å²) in [5.41, 5.74) is 2.31. The van der Waals surface area contributed by atoms with Crippen LogP contribution in [-0.2, 0) is 11.2 Å². The van der Waals surface area contributed by atoms with Gasteiger partial charge < -0.3 is 10.1 Å². The number of rotatable bonds is 3.